The monoisotopic (exact) mass is 441 g/mol. The fourth-order valence-electron chi connectivity index (χ4n) is 3.09. The maximum Gasteiger partial charge on any atom is 0.193 e. The van der Waals surface area contributed by atoms with Crippen LogP contribution in [0.1, 0.15) is 25.7 Å². The van der Waals surface area contributed by atoms with Crippen LogP contribution in [0.5, 0.6) is 0 Å². The number of hydrogen-bond acceptors (Lipinski definition) is 4. The molecule has 0 saturated carbocycles. The lowest BCUT2D eigenvalue weighted by atomic mass is 10.1. The van der Waals surface area contributed by atoms with Gasteiger partial charge in [-0.1, -0.05) is 0 Å². The third-order valence-electron chi connectivity index (χ3n) is 4.33. The van der Waals surface area contributed by atoms with Gasteiger partial charge in [0.1, 0.15) is 0 Å². The van der Waals surface area contributed by atoms with E-state index < -0.39 is 0 Å². The molecule has 0 aromatic carbocycles. The highest BCUT2D eigenvalue weighted by Gasteiger charge is 2.24. The van der Waals surface area contributed by atoms with Crippen molar-refractivity contribution in [3.05, 3.63) is 0 Å². The van der Waals surface area contributed by atoms with Crippen LogP contribution in [0.2, 0.25) is 0 Å². The third-order valence-corrected chi connectivity index (χ3v) is 4.33. The van der Waals surface area contributed by atoms with Crippen molar-refractivity contribution in [2.24, 2.45) is 10.9 Å². The van der Waals surface area contributed by atoms with Gasteiger partial charge in [0.15, 0.2) is 5.96 Å². The number of hydrogen-bond donors (Lipinski definition) is 1. The molecule has 23 heavy (non-hydrogen) atoms. The summed E-state index contributed by atoms with van der Waals surface area (Å²) in [5.41, 5.74) is 0. The molecule has 0 amide bonds. The summed E-state index contributed by atoms with van der Waals surface area (Å²) >= 11 is 0. The molecule has 2 aliphatic rings. The Morgan fingerprint density at radius 3 is 2.78 bits per heavy atom. The predicted octanol–water partition coefficient (Wildman–Crippen LogP) is 1.73. The molecule has 0 aliphatic carbocycles. The zero-order valence-corrected chi connectivity index (χ0v) is 16.8. The SMILES string of the molecule is CN=C(NCCCOC1CCOCC1)N1CCC(COC)C1.I. The molecule has 1 atom stereocenters. The average Bonchev–Trinajstić information content (AvgIpc) is 3.01. The summed E-state index contributed by atoms with van der Waals surface area (Å²) in [5, 5.41) is 3.44. The van der Waals surface area contributed by atoms with Gasteiger partial charge in [0.05, 0.1) is 12.7 Å². The van der Waals surface area contributed by atoms with Gasteiger partial charge in [-0.15, -0.1) is 24.0 Å². The smallest absolute Gasteiger partial charge is 0.193 e. The topological polar surface area (TPSA) is 55.3 Å². The highest BCUT2D eigenvalue weighted by atomic mass is 127. The van der Waals surface area contributed by atoms with E-state index in [2.05, 4.69) is 15.2 Å². The van der Waals surface area contributed by atoms with Crippen molar-refractivity contribution in [2.75, 3.05) is 60.2 Å². The number of likely N-dealkylation sites (tertiary alicyclic amines) is 1. The first-order valence-electron chi connectivity index (χ1n) is 8.47. The first-order chi connectivity index (χ1) is 10.8. The van der Waals surface area contributed by atoms with Crippen molar-refractivity contribution in [3.8, 4) is 0 Å². The van der Waals surface area contributed by atoms with Gasteiger partial charge in [-0.25, -0.2) is 0 Å². The molecule has 1 unspecified atom stereocenters. The molecule has 2 aliphatic heterocycles. The number of rotatable bonds is 7. The van der Waals surface area contributed by atoms with Crippen LogP contribution in [-0.4, -0.2) is 77.2 Å². The van der Waals surface area contributed by atoms with E-state index in [9.17, 15) is 0 Å². The van der Waals surface area contributed by atoms with Gasteiger partial charge < -0.3 is 24.4 Å². The molecule has 7 heteroatoms. The molecule has 2 saturated heterocycles. The summed E-state index contributed by atoms with van der Waals surface area (Å²) in [5.74, 6) is 1.63. The third kappa shape index (κ3) is 7.53. The number of nitrogens with zero attached hydrogens (tertiary/aromatic N) is 2. The lowest BCUT2D eigenvalue weighted by molar-refractivity contribution is -0.0320. The van der Waals surface area contributed by atoms with Crippen LogP contribution < -0.4 is 5.32 Å². The van der Waals surface area contributed by atoms with Crippen LogP contribution >= 0.6 is 24.0 Å². The Balaban J connectivity index is 0.00000264. The van der Waals surface area contributed by atoms with Crippen molar-refractivity contribution in [1.82, 2.24) is 10.2 Å². The largest absolute Gasteiger partial charge is 0.384 e. The molecular formula is C16H32IN3O3. The highest BCUT2D eigenvalue weighted by molar-refractivity contribution is 14.0. The zero-order valence-electron chi connectivity index (χ0n) is 14.5. The van der Waals surface area contributed by atoms with Gasteiger partial charge in [0.25, 0.3) is 0 Å². The number of halogens is 1. The fraction of sp³-hybridized carbons (Fsp3) is 0.938. The Morgan fingerprint density at radius 1 is 1.30 bits per heavy atom. The van der Waals surface area contributed by atoms with E-state index in [1.165, 1.54) is 6.42 Å². The molecular weight excluding hydrogens is 409 g/mol. The van der Waals surface area contributed by atoms with Crippen molar-refractivity contribution in [1.29, 1.82) is 0 Å². The Bertz CT molecular complexity index is 339. The van der Waals surface area contributed by atoms with Crippen molar-refractivity contribution < 1.29 is 14.2 Å². The predicted molar refractivity (Wildman–Crippen MR) is 103 cm³/mol. The molecule has 0 aromatic heterocycles. The molecule has 136 valence electrons. The van der Waals surface area contributed by atoms with Gasteiger partial charge in [0.2, 0.25) is 0 Å². The molecule has 6 nitrogen and oxygen atoms in total. The summed E-state index contributed by atoms with van der Waals surface area (Å²) in [7, 11) is 3.62. The maximum atomic E-state index is 5.88. The van der Waals surface area contributed by atoms with Crippen molar-refractivity contribution >= 4 is 29.9 Å². The molecule has 2 fully saturated rings. The van der Waals surface area contributed by atoms with Crippen molar-refractivity contribution in [2.45, 2.75) is 31.8 Å². The van der Waals surface area contributed by atoms with Crippen LogP contribution in [0.25, 0.3) is 0 Å². The van der Waals surface area contributed by atoms with Gasteiger partial charge in [-0.3, -0.25) is 4.99 Å². The Hall–Kier alpha value is -0.120. The van der Waals surface area contributed by atoms with Gasteiger partial charge in [-0.2, -0.15) is 0 Å². The van der Waals surface area contributed by atoms with Gasteiger partial charge >= 0.3 is 0 Å². The Morgan fingerprint density at radius 2 is 2.09 bits per heavy atom. The Labute approximate surface area is 157 Å². The second-order valence-corrected chi connectivity index (χ2v) is 6.07. The summed E-state index contributed by atoms with van der Waals surface area (Å²) in [6.45, 7) is 6.33. The molecule has 0 bridgehead atoms. The summed E-state index contributed by atoms with van der Waals surface area (Å²) in [4.78, 5) is 6.71. The number of ether oxygens (including phenoxy) is 3. The van der Waals surface area contributed by atoms with E-state index in [1.54, 1.807) is 7.11 Å². The lowest BCUT2D eigenvalue weighted by Crippen LogP contribution is -2.41. The Kier molecular flexibility index (Phi) is 11.2. The van der Waals surface area contributed by atoms with E-state index >= 15 is 0 Å². The number of methoxy groups -OCH3 is 1. The van der Waals surface area contributed by atoms with Gasteiger partial charge in [-0.05, 0) is 25.7 Å². The first-order valence-corrected chi connectivity index (χ1v) is 8.47. The number of aliphatic imine (C=N–C) groups is 1. The van der Waals surface area contributed by atoms with Gasteiger partial charge in [0, 0.05) is 59.5 Å². The molecule has 0 radical (unpaired) electrons. The summed E-state index contributed by atoms with van der Waals surface area (Å²) < 4.78 is 16.5. The number of guanidine groups is 1. The van der Waals surface area contributed by atoms with E-state index in [4.69, 9.17) is 14.2 Å². The normalized spacial score (nSPS) is 23.0. The minimum Gasteiger partial charge on any atom is -0.384 e. The molecule has 0 spiro atoms. The van der Waals surface area contributed by atoms with Crippen LogP contribution in [0.4, 0.5) is 0 Å². The second-order valence-electron chi connectivity index (χ2n) is 6.07. The fourth-order valence-corrected chi connectivity index (χ4v) is 3.09. The molecule has 2 rings (SSSR count). The average molecular weight is 441 g/mol. The highest BCUT2D eigenvalue weighted by Crippen LogP contribution is 2.16. The number of nitrogens with one attached hydrogen (secondary N) is 1. The van der Waals surface area contributed by atoms with Crippen LogP contribution in [0.15, 0.2) is 4.99 Å². The van der Waals surface area contributed by atoms with Crippen LogP contribution in [0.3, 0.4) is 0 Å². The molecule has 0 aromatic rings. The van der Waals surface area contributed by atoms with E-state index in [-0.39, 0.29) is 24.0 Å². The standard InChI is InChI=1S/C16H31N3O3.HI/c1-17-16(19-8-4-14(12-19)13-20-2)18-7-3-9-22-15-5-10-21-11-6-15;/h14-15H,3-13H2,1-2H3,(H,17,18);1H. The van der Waals surface area contributed by atoms with Crippen molar-refractivity contribution in [3.63, 3.8) is 0 Å². The molecule has 1 N–H and O–H groups in total. The summed E-state index contributed by atoms with van der Waals surface area (Å²) in [6.07, 6.45) is 4.64. The maximum absolute atomic E-state index is 5.88. The minimum atomic E-state index is 0. The summed E-state index contributed by atoms with van der Waals surface area (Å²) in [6, 6.07) is 0. The van der Waals surface area contributed by atoms with E-state index in [0.29, 0.717) is 12.0 Å². The zero-order chi connectivity index (χ0) is 15.6. The van der Waals surface area contributed by atoms with Crippen LogP contribution in [0, 0.1) is 5.92 Å². The van der Waals surface area contributed by atoms with Crippen LogP contribution in [-0.2, 0) is 14.2 Å². The van der Waals surface area contributed by atoms with E-state index in [1.807, 2.05) is 7.05 Å². The second kappa shape index (κ2) is 12.3. The quantitative estimate of drug-likeness (QED) is 0.282. The minimum absolute atomic E-state index is 0. The van der Waals surface area contributed by atoms with E-state index in [0.717, 1.165) is 71.3 Å². The lowest BCUT2D eigenvalue weighted by Gasteiger charge is -2.23. The molecule has 2 heterocycles. The first kappa shape index (κ1) is 20.9.